The number of fused-ring (bicyclic) bond motifs is 1. The van der Waals surface area contributed by atoms with Crippen molar-refractivity contribution in [3.05, 3.63) is 72.0 Å². The molecule has 1 aliphatic rings. The SMILES string of the molecule is CN(C)C/C=C/CN1CCC[C@H](n2nc(-c3ccc(Oc4ccccc4)c(Cl)c3)c3c(N)ncnc32)C1. The van der Waals surface area contributed by atoms with Crippen LogP contribution in [0.2, 0.25) is 5.02 Å². The average Bonchev–Trinajstić information content (AvgIpc) is 3.30. The van der Waals surface area contributed by atoms with Crippen LogP contribution < -0.4 is 10.5 Å². The zero-order valence-electron chi connectivity index (χ0n) is 21.2. The standard InChI is InChI=1S/C28H32ClN7O/c1-34(2)14-6-7-15-35-16-8-9-21(18-35)36-28-25(27(30)31-19-32-28)26(33-36)20-12-13-24(23(29)17-20)37-22-10-4-3-5-11-22/h3-7,10-13,17,19,21H,8-9,14-16,18H2,1-2H3,(H2,30,31,32)/b7-6+/t21-/m0/s1. The van der Waals surface area contributed by atoms with Crippen molar-refractivity contribution >= 4 is 28.5 Å². The molecule has 0 aliphatic carbocycles. The van der Waals surface area contributed by atoms with Gasteiger partial charge in [0.25, 0.3) is 0 Å². The number of halogens is 1. The molecule has 0 spiro atoms. The molecule has 0 saturated carbocycles. The number of ether oxygens (including phenoxy) is 1. The minimum absolute atomic E-state index is 0.192. The minimum atomic E-state index is 0.192. The second-order valence-electron chi connectivity index (χ2n) is 9.60. The number of aromatic nitrogens is 4. The quantitative estimate of drug-likeness (QED) is 0.318. The Kier molecular flexibility index (Phi) is 7.69. The number of likely N-dealkylation sites (N-methyl/N-ethyl adjacent to an activating group) is 1. The van der Waals surface area contributed by atoms with E-state index in [0.717, 1.165) is 67.1 Å². The fourth-order valence-corrected chi connectivity index (χ4v) is 4.92. The van der Waals surface area contributed by atoms with E-state index in [1.165, 1.54) is 6.33 Å². The number of hydrogen-bond acceptors (Lipinski definition) is 7. The third-order valence-electron chi connectivity index (χ3n) is 6.52. The maximum Gasteiger partial charge on any atom is 0.164 e. The van der Waals surface area contributed by atoms with Crippen LogP contribution in [0, 0.1) is 0 Å². The highest BCUT2D eigenvalue weighted by atomic mass is 35.5. The molecule has 4 aromatic rings. The summed E-state index contributed by atoms with van der Waals surface area (Å²) in [6.45, 7) is 3.84. The highest BCUT2D eigenvalue weighted by molar-refractivity contribution is 6.32. The van der Waals surface area contributed by atoms with Crippen molar-refractivity contribution in [2.24, 2.45) is 0 Å². The molecular weight excluding hydrogens is 486 g/mol. The summed E-state index contributed by atoms with van der Waals surface area (Å²) < 4.78 is 7.98. The van der Waals surface area contributed by atoms with E-state index in [0.29, 0.717) is 16.6 Å². The third-order valence-corrected chi connectivity index (χ3v) is 6.82. The van der Waals surface area contributed by atoms with Crippen molar-refractivity contribution < 1.29 is 4.74 Å². The molecule has 2 aromatic carbocycles. The van der Waals surface area contributed by atoms with E-state index in [1.807, 2.05) is 53.2 Å². The normalized spacial score (nSPS) is 16.7. The van der Waals surface area contributed by atoms with Crippen LogP contribution in [0.15, 0.2) is 67.0 Å². The molecule has 8 nitrogen and oxygen atoms in total. The summed E-state index contributed by atoms with van der Waals surface area (Å²) >= 11 is 6.64. The lowest BCUT2D eigenvalue weighted by molar-refractivity contribution is 0.187. The molecule has 0 radical (unpaired) electrons. The predicted molar refractivity (Wildman–Crippen MR) is 149 cm³/mol. The van der Waals surface area contributed by atoms with Gasteiger partial charge in [0.1, 0.15) is 29.3 Å². The van der Waals surface area contributed by atoms with Crippen LogP contribution in [0.25, 0.3) is 22.3 Å². The summed E-state index contributed by atoms with van der Waals surface area (Å²) in [5.74, 6) is 1.71. The van der Waals surface area contributed by atoms with Gasteiger partial charge in [0.05, 0.1) is 16.5 Å². The maximum atomic E-state index is 6.64. The highest BCUT2D eigenvalue weighted by Crippen LogP contribution is 2.37. The Labute approximate surface area is 222 Å². The van der Waals surface area contributed by atoms with Crippen molar-refractivity contribution in [2.45, 2.75) is 18.9 Å². The Hall–Kier alpha value is -3.46. The molecule has 2 aromatic heterocycles. The molecule has 0 bridgehead atoms. The number of piperidine rings is 1. The Morgan fingerprint density at radius 3 is 2.76 bits per heavy atom. The van der Waals surface area contributed by atoms with E-state index in [9.17, 15) is 0 Å². The molecule has 0 unspecified atom stereocenters. The summed E-state index contributed by atoms with van der Waals surface area (Å²) in [5.41, 5.74) is 8.67. The molecule has 3 heterocycles. The lowest BCUT2D eigenvalue weighted by Gasteiger charge is -2.32. The number of anilines is 1. The largest absolute Gasteiger partial charge is 0.456 e. The molecule has 9 heteroatoms. The first-order valence-electron chi connectivity index (χ1n) is 12.5. The van der Waals surface area contributed by atoms with E-state index in [4.69, 9.17) is 27.2 Å². The third kappa shape index (κ3) is 5.77. The van der Waals surface area contributed by atoms with Gasteiger partial charge < -0.3 is 15.4 Å². The second kappa shape index (κ2) is 11.3. The number of nitrogens with two attached hydrogens (primary N) is 1. The predicted octanol–water partition coefficient (Wildman–Crippen LogP) is 5.28. The van der Waals surface area contributed by atoms with Crippen molar-refractivity contribution in [3.63, 3.8) is 0 Å². The monoisotopic (exact) mass is 517 g/mol. The highest BCUT2D eigenvalue weighted by Gasteiger charge is 2.26. The maximum absolute atomic E-state index is 6.64. The molecule has 1 fully saturated rings. The lowest BCUT2D eigenvalue weighted by Crippen LogP contribution is -2.37. The van der Waals surface area contributed by atoms with Crippen LogP contribution in [-0.2, 0) is 0 Å². The van der Waals surface area contributed by atoms with E-state index < -0.39 is 0 Å². The first-order chi connectivity index (χ1) is 18.0. The molecular formula is C28H32ClN7O. The van der Waals surface area contributed by atoms with Gasteiger partial charge in [-0.15, -0.1) is 0 Å². The van der Waals surface area contributed by atoms with Crippen LogP contribution in [0.5, 0.6) is 11.5 Å². The number of nitrogens with zero attached hydrogens (tertiary/aromatic N) is 6. The topological polar surface area (TPSA) is 85.3 Å². The van der Waals surface area contributed by atoms with Crippen molar-refractivity contribution in [1.29, 1.82) is 0 Å². The zero-order valence-corrected chi connectivity index (χ0v) is 22.0. The van der Waals surface area contributed by atoms with Crippen LogP contribution in [-0.4, -0.2) is 69.8 Å². The van der Waals surface area contributed by atoms with Gasteiger partial charge in [-0.3, -0.25) is 4.90 Å². The molecule has 1 aliphatic heterocycles. The number of benzene rings is 2. The second-order valence-corrected chi connectivity index (χ2v) is 10.0. The lowest BCUT2D eigenvalue weighted by atomic mass is 10.1. The molecule has 0 amide bonds. The van der Waals surface area contributed by atoms with E-state index >= 15 is 0 Å². The molecule has 1 atom stereocenters. The van der Waals surface area contributed by atoms with Gasteiger partial charge in [0, 0.05) is 25.2 Å². The van der Waals surface area contributed by atoms with Gasteiger partial charge in [-0.1, -0.05) is 42.0 Å². The van der Waals surface area contributed by atoms with E-state index in [-0.39, 0.29) is 6.04 Å². The molecule has 2 N–H and O–H groups in total. The van der Waals surface area contributed by atoms with Gasteiger partial charge in [0.2, 0.25) is 0 Å². The fourth-order valence-electron chi connectivity index (χ4n) is 4.70. The Morgan fingerprint density at radius 1 is 1.14 bits per heavy atom. The van der Waals surface area contributed by atoms with E-state index in [1.54, 1.807) is 0 Å². The molecule has 1 saturated heterocycles. The van der Waals surface area contributed by atoms with Gasteiger partial charge in [-0.2, -0.15) is 5.10 Å². The molecule has 192 valence electrons. The van der Waals surface area contributed by atoms with Gasteiger partial charge >= 0.3 is 0 Å². The van der Waals surface area contributed by atoms with Gasteiger partial charge in [0.15, 0.2) is 5.65 Å². The smallest absolute Gasteiger partial charge is 0.164 e. The Morgan fingerprint density at radius 2 is 1.97 bits per heavy atom. The van der Waals surface area contributed by atoms with Crippen LogP contribution in [0.4, 0.5) is 5.82 Å². The van der Waals surface area contributed by atoms with Crippen molar-refractivity contribution in [3.8, 4) is 22.8 Å². The number of hydrogen-bond donors (Lipinski definition) is 1. The summed E-state index contributed by atoms with van der Waals surface area (Å²) in [7, 11) is 4.15. The van der Waals surface area contributed by atoms with Crippen LogP contribution in [0.1, 0.15) is 18.9 Å². The molecule has 37 heavy (non-hydrogen) atoms. The fraction of sp³-hybridized carbons (Fsp3) is 0.321. The van der Waals surface area contributed by atoms with Gasteiger partial charge in [-0.05, 0) is 63.8 Å². The number of nitrogen functional groups attached to an aromatic ring is 1. The summed E-state index contributed by atoms with van der Waals surface area (Å²) in [6.07, 6.45) is 8.10. The summed E-state index contributed by atoms with van der Waals surface area (Å²) in [5, 5.41) is 6.28. The van der Waals surface area contributed by atoms with Crippen molar-refractivity contribution in [1.82, 2.24) is 29.5 Å². The number of likely N-dealkylation sites (tertiary alicyclic amines) is 1. The first kappa shape index (κ1) is 25.2. The summed E-state index contributed by atoms with van der Waals surface area (Å²) in [4.78, 5) is 13.5. The number of rotatable bonds is 8. The minimum Gasteiger partial charge on any atom is -0.456 e. The first-order valence-corrected chi connectivity index (χ1v) is 12.9. The average molecular weight is 518 g/mol. The Bertz CT molecular complexity index is 1390. The van der Waals surface area contributed by atoms with Crippen LogP contribution >= 0.6 is 11.6 Å². The zero-order chi connectivity index (χ0) is 25.8. The van der Waals surface area contributed by atoms with E-state index in [2.05, 4.69) is 46.0 Å². The Balaban J connectivity index is 1.43. The number of para-hydroxylation sites is 1. The van der Waals surface area contributed by atoms with Crippen molar-refractivity contribution in [2.75, 3.05) is 46.0 Å². The van der Waals surface area contributed by atoms with Gasteiger partial charge in [-0.25, -0.2) is 14.6 Å². The van der Waals surface area contributed by atoms with Crippen LogP contribution in [0.3, 0.4) is 0 Å². The molecule has 5 rings (SSSR count). The summed E-state index contributed by atoms with van der Waals surface area (Å²) in [6, 6.07) is 15.4.